The van der Waals surface area contributed by atoms with E-state index in [0.29, 0.717) is 6.04 Å². The van der Waals surface area contributed by atoms with E-state index in [4.69, 9.17) is 4.74 Å². The summed E-state index contributed by atoms with van der Waals surface area (Å²) in [4.78, 5) is 0. The van der Waals surface area contributed by atoms with Crippen LogP contribution in [0.1, 0.15) is 13.8 Å². The third-order valence-electron chi connectivity index (χ3n) is 1.72. The van der Waals surface area contributed by atoms with Crippen molar-refractivity contribution in [1.29, 1.82) is 0 Å². The van der Waals surface area contributed by atoms with E-state index in [1.807, 2.05) is 18.2 Å². The molecule has 1 N–H and O–H groups in total. The van der Waals surface area contributed by atoms with E-state index in [2.05, 4.69) is 47.8 Å². The van der Waals surface area contributed by atoms with Crippen LogP contribution in [0.25, 0.3) is 0 Å². The van der Waals surface area contributed by atoms with E-state index < -0.39 is 0 Å². The second-order valence-corrected chi connectivity index (χ2v) is 4.66. The highest BCUT2D eigenvalue weighted by Crippen LogP contribution is 2.14. The Morgan fingerprint density at radius 2 is 2.21 bits per heavy atom. The van der Waals surface area contributed by atoms with Gasteiger partial charge in [0.15, 0.2) is 0 Å². The second kappa shape index (κ2) is 6.24. The highest BCUT2D eigenvalue weighted by molar-refractivity contribution is 14.1. The van der Waals surface area contributed by atoms with Crippen molar-refractivity contribution in [2.45, 2.75) is 19.9 Å². The Balaban J connectivity index is 2.25. The van der Waals surface area contributed by atoms with Crippen molar-refractivity contribution in [3.8, 4) is 5.75 Å². The van der Waals surface area contributed by atoms with Crippen molar-refractivity contribution in [2.75, 3.05) is 13.2 Å². The molecule has 0 aliphatic heterocycles. The predicted molar refractivity (Wildman–Crippen MR) is 67.8 cm³/mol. The van der Waals surface area contributed by atoms with Gasteiger partial charge in [-0.05, 0) is 40.8 Å². The molecular formula is C11H16INO. The average Bonchev–Trinajstić information content (AvgIpc) is 2.12. The summed E-state index contributed by atoms with van der Waals surface area (Å²) in [5.74, 6) is 0.947. The molecule has 2 nitrogen and oxygen atoms in total. The quantitative estimate of drug-likeness (QED) is 0.667. The Kier molecular flexibility index (Phi) is 5.25. The molecule has 0 heterocycles. The Hall–Kier alpha value is -0.290. The predicted octanol–water partition coefficient (Wildman–Crippen LogP) is 2.67. The third kappa shape index (κ3) is 4.81. The third-order valence-corrected chi connectivity index (χ3v) is 2.39. The van der Waals surface area contributed by atoms with Gasteiger partial charge in [-0.3, -0.25) is 0 Å². The monoisotopic (exact) mass is 305 g/mol. The number of hydrogen-bond donors (Lipinski definition) is 1. The molecule has 0 aliphatic rings. The van der Waals surface area contributed by atoms with E-state index >= 15 is 0 Å². The van der Waals surface area contributed by atoms with E-state index in [0.717, 1.165) is 18.9 Å². The zero-order chi connectivity index (χ0) is 10.4. The van der Waals surface area contributed by atoms with Crippen LogP contribution in [0.3, 0.4) is 0 Å². The van der Waals surface area contributed by atoms with Gasteiger partial charge in [0.25, 0.3) is 0 Å². The van der Waals surface area contributed by atoms with E-state index in [9.17, 15) is 0 Å². The van der Waals surface area contributed by atoms with Gasteiger partial charge in [-0.25, -0.2) is 0 Å². The lowest BCUT2D eigenvalue weighted by atomic mass is 10.3. The molecule has 0 saturated carbocycles. The van der Waals surface area contributed by atoms with E-state index in [-0.39, 0.29) is 0 Å². The van der Waals surface area contributed by atoms with Crippen molar-refractivity contribution in [2.24, 2.45) is 0 Å². The molecule has 14 heavy (non-hydrogen) atoms. The zero-order valence-corrected chi connectivity index (χ0v) is 10.7. The average molecular weight is 305 g/mol. The Bertz CT molecular complexity index is 276. The van der Waals surface area contributed by atoms with E-state index in [1.165, 1.54) is 3.57 Å². The lowest BCUT2D eigenvalue weighted by molar-refractivity contribution is 0.308. The first-order valence-electron chi connectivity index (χ1n) is 4.80. The standard InChI is InChI=1S/C11H16INO/c1-9(2)13-6-7-14-11-5-3-4-10(12)8-11/h3-5,8-9,13H,6-7H2,1-2H3. The van der Waals surface area contributed by atoms with Crippen LogP contribution in [0, 0.1) is 3.57 Å². The van der Waals surface area contributed by atoms with Crippen molar-refractivity contribution < 1.29 is 4.74 Å². The van der Waals surface area contributed by atoms with Gasteiger partial charge in [-0.15, -0.1) is 0 Å². The van der Waals surface area contributed by atoms with Crippen LogP contribution in [0.15, 0.2) is 24.3 Å². The maximum atomic E-state index is 5.57. The molecule has 0 saturated heterocycles. The lowest BCUT2D eigenvalue weighted by Gasteiger charge is -2.09. The molecule has 3 heteroatoms. The van der Waals surface area contributed by atoms with E-state index in [1.54, 1.807) is 0 Å². The normalized spacial score (nSPS) is 10.6. The van der Waals surface area contributed by atoms with Crippen molar-refractivity contribution >= 4 is 22.6 Å². The summed E-state index contributed by atoms with van der Waals surface area (Å²) in [7, 11) is 0. The molecular weight excluding hydrogens is 289 g/mol. The van der Waals surface area contributed by atoms with Crippen LogP contribution < -0.4 is 10.1 Å². The summed E-state index contributed by atoms with van der Waals surface area (Å²) in [5.41, 5.74) is 0. The fourth-order valence-electron chi connectivity index (χ4n) is 1.07. The molecule has 0 spiro atoms. The molecule has 1 aromatic carbocycles. The number of nitrogens with one attached hydrogen (secondary N) is 1. The first kappa shape index (κ1) is 11.8. The summed E-state index contributed by atoms with van der Waals surface area (Å²) in [6.07, 6.45) is 0. The highest BCUT2D eigenvalue weighted by atomic mass is 127. The fraction of sp³-hybridized carbons (Fsp3) is 0.455. The zero-order valence-electron chi connectivity index (χ0n) is 8.59. The van der Waals surface area contributed by atoms with Gasteiger partial charge in [-0.1, -0.05) is 19.9 Å². The first-order chi connectivity index (χ1) is 6.68. The van der Waals surface area contributed by atoms with Crippen LogP contribution in [0.4, 0.5) is 0 Å². The summed E-state index contributed by atoms with van der Waals surface area (Å²) in [5, 5.41) is 3.30. The van der Waals surface area contributed by atoms with Crippen LogP contribution in [-0.4, -0.2) is 19.2 Å². The van der Waals surface area contributed by atoms with Crippen molar-refractivity contribution in [1.82, 2.24) is 5.32 Å². The summed E-state index contributed by atoms with van der Waals surface area (Å²) in [6, 6.07) is 8.61. The molecule has 0 bridgehead atoms. The van der Waals surface area contributed by atoms with Crippen LogP contribution in [-0.2, 0) is 0 Å². The molecule has 1 aromatic rings. The number of rotatable bonds is 5. The molecule has 0 aromatic heterocycles. The number of benzene rings is 1. The maximum absolute atomic E-state index is 5.57. The molecule has 0 fully saturated rings. The minimum atomic E-state index is 0.523. The Morgan fingerprint density at radius 1 is 1.43 bits per heavy atom. The highest BCUT2D eigenvalue weighted by Gasteiger charge is 1.95. The molecule has 0 atom stereocenters. The first-order valence-corrected chi connectivity index (χ1v) is 5.88. The van der Waals surface area contributed by atoms with Gasteiger partial charge < -0.3 is 10.1 Å². The molecule has 0 radical (unpaired) electrons. The Labute approximate surface area is 99.2 Å². The topological polar surface area (TPSA) is 21.3 Å². The smallest absolute Gasteiger partial charge is 0.120 e. The molecule has 0 unspecified atom stereocenters. The second-order valence-electron chi connectivity index (χ2n) is 3.41. The van der Waals surface area contributed by atoms with Gasteiger partial charge in [-0.2, -0.15) is 0 Å². The summed E-state index contributed by atoms with van der Waals surface area (Å²) < 4.78 is 6.78. The van der Waals surface area contributed by atoms with Gasteiger partial charge >= 0.3 is 0 Å². The molecule has 78 valence electrons. The molecule has 0 amide bonds. The number of ether oxygens (including phenoxy) is 1. The number of halogens is 1. The van der Waals surface area contributed by atoms with Gasteiger partial charge in [0, 0.05) is 16.2 Å². The Morgan fingerprint density at radius 3 is 2.86 bits per heavy atom. The van der Waals surface area contributed by atoms with Crippen LogP contribution in [0.5, 0.6) is 5.75 Å². The minimum absolute atomic E-state index is 0.523. The molecule has 0 aliphatic carbocycles. The van der Waals surface area contributed by atoms with Crippen molar-refractivity contribution in [3.05, 3.63) is 27.8 Å². The van der Waals surface area contributed by atoms with Crippen LogP contribution >= 0.6 is 22.6 Å². The lowest BCUT2D eigenvalue weighted by Crippen LogP contribution is -2.27. The minimum Gasteiger partial charge on any atom is -0.492 e. The van der Waals surface area contributed by atoms with Gasteiger partial charge in [0.1, 0.15) is 12.4 Å². The summed E-state index contributed by atoms with van der Waals surface area (Å²) >= 11 is 2.28. The molecule has 1 rings (SSSR count). The van der Waals surface area contributed by atoms with Crippen molar-refractivity contribution in [3.63, 3.8) is 0 Å². The fourth-order valence-corrected chi connectivity index (χ4v) is 1.59. The largest absolute Gasteiger partial charge is 0.492 e. The number of hydrogen-bond acceptors (Lipinski definition) is 2. The van der Waals surface area contributed by atoms with Gasteiger partial charge in [0.05, 0.1) is 0 Å². The summed E-state index contributed by atoms with van der Waals surface area (Å²) in [6.45, 7) is 5.87. The maximum Gasteiger partial charge on any atom is 0.120 e. The van der Waals surface area contributed by atoms with Crippen LogP contribution in [0.2, 0.25) is 0 Å². The van der Waals surface area contributed by atoms with Gasteiger partial charge in [0.2, 0.25) is 0 Å². The SMILES string of the molecule is CC(C)NCCOc1cccc(I)c1.